The monoisotopic (exact) mass is 226 g/mol. The van der Waals surface area contributed by atoms with E-state index in [-0.39, 0.29) is 0 Å². The Balaban J connectivity index is 2.68. The van der Waals surface area contributed by atoms with Gasteiger partial charge in [-0.25, -0.2) is 4.98 Å². The van der Waals surface area contributed by atoms with E-state index in [9.17, 15) is 0 Å². The molecule has 2 N–H and O–H groups in total. The smallest absolute Gasteiger partial charge is 0.123 e. The van der Waals surface area contributed by atoms with Crippen molar-refractivity contribution < 1.29 is 0 Å². The number of aryl methyl sites for hydroxylation is 4. The molecule has 0 aliphatic heterocycles. The van der Waals surface area contributed by atoms with Crippen molar-refractivity contribution in [3.8, 4) is 11.1 Å². The highest BCUT2D eigenvalue weighted by Gasteiger charge is 2.09. The van der Waals surface area contributed by atoms with Crippen molar-refractivity contribution in [2.75, 3.05) is 5.73 Å². The second kappa shape index (κ2) is 4.21. The van der Waals surface area contributed by atoms with Crippen molar-refractivity contribution in [1.29, 1.82) is 0 Å². The van der Waals surface area contributed by atoms with E-state index < -0.39 is 0 Å². The number of pyridine rings is 1. The predicted molar refractivity (Wildman–Crippen MR) is 73.0 cm³/mol. The van der Waals surface area contributed by atoms with Gasteiger partial charge in [0.1, 0.15) is 5.82 Å². The first kappa shape index (κ1) is 11.6. The van der Waals surface area contributed by atoms with Crippen LogP contribution in [0.1, 0.15) is 22.3 Å². The maximum atomic E-state index is 5.69. The third-order valence-corrected chi connectivity index (χ3v) is 3.08. The number of hydrogen-bond donors (Lipinski definition) is 1. The summed E-state index contributed by atoms with van der Waals surface area (Å²) in [5.74, 6) is 0.577. The Labute approximate surface area is 103 Å². The van der Waals surface area contributed by atoms with E-state index >= 15 is 0 Å². The molecule has 2 heteroatoms. The SMILES string of the molecule is Cc1cc(C)c(-c2cnc(N)cc2C)c(C)c1. The Bertz CT molecular complexity index is 548. The van der Waals surface area contributed by atoms with Crippen LogP contribution in [0.2, 0.25) is 0 Å². The van der Waals surface area contributed by atoms with E-state index in [1.807, 2.05) is 12.3 Å². The lowest BCUT2D eigenvalue weighted by Crippen LogP contribution is -1.96. The number of benzene rings is 1. The molecule has 0 aliphatic rings. The van der Waals surface area contributed by atoms with Crippen LogP contribution in [0.15, 0.2) is 24.4 Å². The van der Waals surface area contributed by atoms with Crippen molar-refractivity contribution in [2.24, 2.45) is 0 Å². The summed E-state index contributed by atoms with van der Waals surface area (Å²) < 4.78 is 0. The topological polar surface area (TPSA) is 38.9 Å². The van der Waals surface area contributed by atoms with Crippen molar-refractivity contribution in [3.63, 3.8) is 0 Å². The number of aromatic nitrogens is 1. The van der Waals surface area contributed by atoms with E-state index in [1.165, 1.54) is 33.4 Å². The molecule has 0 spiro atoms. The van der Waals surface area contributed by atoms with Gasteiger partial charge in [0.05, 0.1) is 0 Å². The van der Waals surface area contributed by atoms with Crippen LogP contribution in [0.3, 0.4) is 0 Å². The van der Waals surface area contributed by atoms with E-state index in [0.717, 1.165) is 0 Å². The molecular weight excluding hydrogens is 208 g/mol. The fourth-order valence-corrected chi connectivity index (χ4v) is 2.44. The molecule has 0 bridgehead atoms. The second-order valence-electron chi connectivity index (χ2n) is 4.70. The molecule has 0 atom stereocenters. The summed E-state index contributed by atoms with van der Waals surface area (Å²) in [6.45, 7) is 8.49. The standard InChI is InChI=1S/C15H18N2/c1-9-5-11(3)15(12(4)6-9)13-8-17-14(16)7-10(13)2/h5-8H,1-4H3,(H2,16,17). The van der Waals surface area contributed by atoms with Gasteiger partial charge in [0.15, 0.2) is 0 Å². The molecule has 2 aromatic rings. The van der Waals surface area contributed by atoms with Crippen LogP contribution >= 0.6 is 0 Å². The van der Waals surface area contributed by atoms with Crippen LogP contribution in [-0.2, 0) is 0 Å². The maximum Gasteiger partial charge on any atom is 0.123 e. The lowest BCUT2D eigenvalue weighted by Gasteiger charge is -2.13. The van der Waals surface area contributed by atoms with E-state index in [2.05, 4.69) is 44.8 Å². The van der Waals surface area contributed by atoms with Gasteiger partial charge in [0.25, 0.3) is 0 Å². The molecule has 0 radical (unpaired) electrons. The van der Waals surface area contributed by atoms with Crippen LogP contribution < -0.4 is 5.73 Å². The van der Waals surface area contributed by atoms with Gasteiger partial charge in [-0.05, 0) is 56.0 Å². The zero-order valence-electron chi connectivity index (χ0n) is 10.8. The van der Waals surface area contributed by atoms with Gasteiger partial charge < -0.3 is 5.73 Å². The first-order valence-electron chi connectivity index (χ1n) is 5.79. The van der Waals surface area contributed by atoms with Crippen LogP contribution in [0, 0.1) is 27.7 Å². The molecule has 88 valence electrons. The average Bonchev–Trinajstić information content (AvgIpc) is 2.19. The van der Waals surface area contributed by atoms with Crippen molar-refractivity contribution in [1.82, 2.24) is 4.98 Å². The fraction of sp³-hybridized carbons (Fsp3) is 0.267. The summed E-state index contributed by atoms with van der Waals surface area (Å²) >= 11 is 0. The van der Waals surface area contributed by atoms with Crippen LogP contribution in [0.5, 0.6) is 0 Å². The first-order chi connectivity index (χ1) is 7.99. The minimum atomic E-state index is 0.577. The molecule has 0 unspecified atom stereocenters. The molecule has 0 amide bonds. The van der Waals surface area contributed by atoms with Gasteiger partial charge in [0.2, 0.25) is 0 Å². The maximum absolute atomic E-state index is 5.69. The lowest BCUT2D eigenvalue weighted by atomic mass is 9.92. The number of hydrogen-bond acceptors (Lipinski definition) is 2. The third-order valence-electron chi connectivity index (χ3n) is 3.08. The molecule has 1 aromatic carbocycles. The number of nitrogens with two attached hydrogens (primary N) is 1. The largest absolute Gasteiger partial charge is 0.384 e. The minimum Gasteiger partial charge on any atom is -0.384 e. The highest BCUT2D eigenvalue weighted by Crippen LogP contribution is 2.30. The average molecular weight is 226 g/mol. The summed E-state index contributed by atoms with van der Waals surface area (Å²) in [5, 5.41) is 0. The number of nitrogen functional groups attached to an aromatic ring is 1. The Morgan fingerprint density at radius 2 is 1.47 bits per heavy atom. The van der Waals surface area contributed by atoms with Gasteiger partial charge in [-0.15, -0.1) is 0 Å². The molecule has 0 saturated carbocycles. The summed E-state index contributed by atoms with van der Waals surface area (Å²) in [6, 6.07) is 6.34. The van der Waals surface area contributed by atoms with E-state index in [4.69, 9.17) is 5.73 Å². The van der Waals surface area contributed by atoms with E-state index in [1.54, 1.807) is 0 Å². The molecule has 0 fully saturated rings. The Morgan fingerprint density at radius 1 is 0.882 bits per heavy atom. The molecule has 1 heterocycles. The molecular formula is C15H18N2. The molecule has 0 saturated heterocycles. The zero-order chi connectivity index (χ0) is 12.6. The van der Waals surface area contributed by atoms with Crippen molar-refractivity contribution in [2.45, 2.75) is 27.7 Å². The van der Waals surface area contributed by atoms with Gasteiger partial charge in [-0.3, -0.25) is 0 Å². The Kier molecular flexibility index (Phi) is 2.88. The summed E-state index contributed by atoms with van der Waals surface area (Å²) in [6.07, 6.45) is 1.87. The molecule has 2 nitrogen and oxygen atoms in total. The molecule has 17 heavy (non-hydrogen) atoms. The van der Waals surface area contributed by atoms with Gasteiger partial charge >= 0.3 is 0 Å². The van der Waals surface area contributed by atoms with Gasteiger partial charge in [-0.1, -0.05) is 17.7 Å². The normalized spacial score (nSPS) is 10.6. The first-order valence-corrected chi connectivity index (χ1v) is 5.79. The highest BCUT2D eigenvalue weighted by molar-refractivity contribution is 5.74. The highest BCUT2D eigenvalue weighted by atomic mass is 14.8. The number of nitrogens with zero attached hydrogens (tertiary/aromatic N) is 1. The Morgan fingerprint density at radius 3 is 2.00 bits per heavy atom. The summed E-state index contributed by atoms with van der Waals surface area (Å²) in [4.78, 5) is 4.20. The second-order valence-corrected chi connectivity index (χ2v) is 4.70. The lowest BCUT2D eigenvalue weighted by molar-refractivity contribution is 1.26. The summed E-state index contributed by atoms with van der Waals surface area (Å²) in [7, 11) is 0. The molecule has 0 aliphatic carbocycles. The third kappa shape index (κ3) is 2.16. The van der Waals surface area contributed by atoms with Gasteiger partial charge in [-0.2, -0.15) is 0 Å². The van der Waals surface area contributed by atoms with Crippen LogP contribution in [0.4, 0.5) is 5.82 Å². The number of anilines is 1. The number of rotatable bonds is 1. The Hall–Kier alpha value is -1.83. The van der Waals surface area contributed by atoms with Crippen molar-refractivity contribution >= 4 is 5.82 Å². The fourth-order valence-electron chi connectivity index (χ4n) is 2.44. The minimum absolute atomic E-state index is 0.577. The quantitative estimate of drug-likeness (QED) is 0.807. The predicted octanol–water partition coefficient (Wildman–Crippen LogP) is 3.56. The van der Waals surface area contributed by atoms with E-state index in [0.29, 0.717) is 5.82 Å². The van der Waals surface area contributed by atoms with Crippen LogP contribution in [0.25, 0.3) is 11.1 Å². The zero-order valence-corrected chi connectivity index (χ0v) is 10.8. The molecule has 2 rings (SSSR count). The summed E-state index contributed by atoms with van der Waals surface area (Å²) in [5.41, 5.74) is 13.2. The molecule has 1 aromatic heterocycles. The van der Waals surface area contributed by atoms with Crippen LogP contribution in [-0.4, -0.2) is 4.98 Å². The van der Waals surface area contributed by atoms with Gasteiger partial charge in [0, 0.05) is 11.8 Å². The van der Waals surface area contributed by atoms with Crippen molar-refractivity contribution in [3.05, 3.63) is 46.6 Å².